The standard InChI is InChI=1S/C20H24N2O3/c1-13-9-14-10-17(24-3)15(11-18(14)25-13)12-22-19(23)20(2,21)16-7-5-4-6-8-16/h4-8,10-11,13H,9,12,21H2,1-3H3,(H,22,23). The molecule has 3 N–H and O–H groups in total. The lowest BCUT2D eigenvalue weighted by Crippen LogP contribution is -2.48. The van der Waals surface area contributed by atoms with Crippen LogP contribution in [0.3, 0.4) is 0 Å². The first-order valence-corrected chi connectivity index (χ1v) is 8.41. The molecule has 0 bridgehead atoms. The van der Waals surface area contributed by atoms with Gasteiger partial charge < -0.3 is 20.5 Å². The summed E-state index contributed by atoms with van der Waals surface area (Å²) in [7, 11) is 1.63. The average Bonchev–Trinajstić information content (AvgIpc) is 2.98. The molecule has 0 aromatic heterocycles. The van der Waals surface area contributed by atoms with E-state index in [0.29, 0.717) is 6.54 Å². The van der Waals surface area contributed by atoms with E-state index in [1.807, 2.05) is 49.4 Å². The molecule has 0 saturated heterocycles. The molecule has 132 valence electrons. The predicted octanol–water partition coefficient (Wildman–Crippen LogP) is 2.51. The Hall–Kier alpha value is -2.53. The lowest BCUT2D eigenvalue weighted by atomic mass is 9.92. The van der Waals surface area contributed by atoms with Gasteiger partial charge in [0.25, 0.3) is 0 Å². The van der Waals surface area contributed by atoms with Gasteiger partial charge >= 0.3 is 0 Å². The summed E-state index contributed by atoms with van der Waals surface area (Å²) in [5.41, 5.74) is 7.92. The van der Waals surface area contributed by atoms with Crippen molar-refractivity contribution in [3.63, 3.8) is 0 Å². The van der Waals surface area contributed by atoms with E-state index in [-0.39, 0.29) is 12.0 Å². The normalized spacial score (nSPS) is 18.0. The second kappa shape index (κ2) is 6.76. The molecule has 0 saturated carbocycles. The number of methoxy groups -OCH3 is 1. The molecular formula is C20H24N2O3. The number of ether oxygens (including phenoxy) is 2. The van der Waals surface area contributed by atoms with Crippen molar-refractivity contribution in [1.82, 2.24) is 5.32 Å². The Bertz CT molecular complexity index is 772. The maximum atomic E-state index is 12.6. The summed E-state index contributed by atoms with van der Waals surface area (Å²) < 4.78 is 11.3. The van der Waals surface area contributed by atoms with Gasteiger partial charge in [0.15, 0.2) is 0 Å². The number of carbonyl (C=O) groups excluding carboxylic acids is 1. The quantitative estimate of drug-likeness (QED) is 0.877. The molecule has 2 atom stereocenters. The largest absolute Gasteiger partial charge is 0.496 e. The number of nitrogens with one attached hydrogen (secondary N) is 1. The predicted molar refractivity (Wildman–Crippen MR) is 96.6 cm³/mol. The van der Waals surface area contributed by atoms with Gasteiger partial charge in [-0.2, -0.15) is 0 Å². The van der Waals surface area contributed by atoms with Crippen LogP contribution in [0.1, 0.15) is 30.5 Å². The Morgan fingerprint density at radius 2 is 2.08 bits per heavy atom. The zero-order valence-electron chi connectivity index (χ0n) is 14.8. The highest BCUT2D eigenvalue weighted by molar-refractivity contribution is 5.87. The molecule has 2 unspecified atom stereocenters. The summed E-state index contributed by atoms with van der Waals surface area (Å²) in [5, 5.41) is 2.92. The van der Waals surface area contributed by atoms with E-state index < -0.39 is 5.54 Å². The summed E-state index contributed by atoms with van der Waals surface area (Å²) in [4.78, 5) is 12.6. The maximum Gasteiger partial charge on any atom is 0.244 e. The smallest absolute Gasteiger partial charge is 0.244 e. The Kier molecular flexibility index (Phi) is 4.68. The Balaban J connectivity index is 1.75. The number of hydrogen-bond donors (Lipinski definition) is 2. The maximum absolute atomic E-state index is 12.6. The highest BCUT2D eigenvalue weighted by Gasteiger charge is 2.30. The molecule has 25 heavy (non-hydrogen) atoms. The third-order valence-corrected chi connectivity index (χ3v) is 4.58. The van der Waals surface area contributed by atoms with Crippen LogP contribution in [-0.4, -0.2) is 19.1 Å². The number of benzene rings is 2. The minimum Gasteiger partial charge on any atom is -0.496 e. The SMILES string of the molecule is COc1cc2c(cc1CNC(=O)C(C)(N)c1ccccc1)OC(C)C2. The molecule has 1 aliphatic heterocycles. The van der Waals surface area contributed by atoms with E-state index in [9.17, 15) is 4.79 Å². The molecule has 0 radical (unpaired) electrons. The van der Waals surface area contributed by atoms with Crippen LogP contribution in [0, 0.1) is 0 Å². The average molecular weight is 340 g/mol. The Morgan fingerprint density at radius 1 is 1.36 bits per heavy atom. The van der Waals surface area contributed by atoms with Gasteiger partial charge in [-0.3, -0.25) is 4.79 Å². The zero-order chi connectivity index (χ0) is 18.0. The van der Waals surface area contributed by atoms with E-state index >= 15 is 0 Å². The van der Waals surface area contributed by atoms with Crippen molar-refractivity contribution >= 4 is 5.91 Å². The molecule has 0 aliphatic carbocycles. The third kappa shape index (κ3) is 3.46. The summed E-state index contributed by atoms with van der Waals surface area (Å²) in [6.45, 7) is 4.07. The van der Waals surface area contributed by atoms with Crippen molar-refractivity contribution in [1.29, 1.82) is 0 Å². The number of rotatable bonds is 5. The fourth-order valence-electron chi connectivity index (χ4n) is 3.08. The second-order valence-electron chi connectivity index (χ2n) is 6.66. The number of nitrogens with two attached hydrogens (primary N) is 1. The molecule has 0 spiro atoms. The van der Waals surface area contributed by atoms with Crippen LogP contribution >= 0.6 is 0 Å². The number of hydrogen-bond acceptors (Lipinski definition) is 4. The first-order valence-electron chi connectivity index (χ1n) is 8.41. The summed E-state index contributed by atoms with van der Waals surface area (Å²) in [6, 6.07) is 13.3. The van der Waals surface area contributed by atoms with Gasteiger partial charge in [0.05, 0.1) is 7.11 Å². The minimum absolute atomic E-state index is 0.162. The topological polar surface area (TPSA) is 73.6 Å². The van der Waals surface area contributed by atoms with Crippen molar-refractivity contribution in [3.8, 4) is 11.5 Å². The first-order chi connectivity index (χ1) is 11.9. The van der Waals surface area contributed by atoms with E-state index in [2.05, 4.69) is 5.32 Å². The van der Waals surface area contributed by atoms with Crippen LogP contribution in [0.2, 0.25) is 0 Å². The molecule has 1 amide bonds. The van der Waals surface area contributed by atoms with E-state index in [1.165, 1.54) is 0 Å². The monoisotopic (exact) mass is 340 g/mol. The number of amides is 1. The van der Waals surface area contributed by atoms with Gasteiger partial charge in [-0.05, 0) is 31.5 Å². The second-order valence-corrected chi connectivity index (χ2v) is 6.66. The van der Waals surface area contributed by atoms with Gasteiger partial charge in [0.2, 0.25) is 5.91 Å². The lowest BCUT2D eigenvalue weighted by Gasteiger charge is -2.24. The highest BCUT2D eigenvalue weighted by atomic mass is 16.5. The summed E-state index contributed by atoms with van der Waals surface area (Å²) in [5.74, 6) is 1.36. The van der Waals surface area contributed by atoms with Crippen molar-refractivity contribution in [2.75, 3.05) is 7.11 Å². The van der Waals surface area contributed by atoms with Crippen LogP contribution in [0.15, 0.2) is 42.5 Å². The van der Waals surface area contributed by atoms with Gasteiger partial charge in [-0.25, -0.2) is 0 Å². The van der Waals surface area contributed by atoms with Crippen LogP contribution in [0.25, 0.3) is 0 Å². The van der Waals surface area contributed by atoms with Gasteiger partial charge in [-0.15, -0.1) is 0 Å². The number of fused-ring (bicyclic) bond motifs is 1. The molecule has 3 rings (SSSR count). The summed E-state index contributed by atoms with van der Waals surface area (Å²) >= 11 is 0. The molecule has 0 fully saturated rings. The van der Waals surface area contributed by atoms with Crippen molar-refractivity contribution in [3.05, 3.63) is 59.2 Å². The lowest BCUT2D eigenvalue weighted by molar-refractivity contribution is -0.126. The summed E-state index contributed by atoms with van der Waals surface area (Å²) in [6.07, 6.45) is 1.03. The Labute approximate surface area is 148 Å². The molecule has 5 heteroatoms. The number of carbonyl (C=O) groups is 1. The molecule has 1 heterocycles. The molecule has 2 aromatic carbocycles. The van der Waals surface area contributed by atoms with Crippen LogP contribution < -0.4 is 20.5 Å². The molecule has 1 aliphatic rings. The van der Waals surface area contributed by atoms with Crippen LogP contribution in [0.4, 0.5) is 0 Å². The van der Waals surface area contributed by atoms with Gasteiger partial charge in [0, 0.05) is 24.1 Å². The fourth-order valence-corrected chi connectivity index (χ4v) is 3.08. The van der Waals surface area contributed by atoms with Crippen molar-refractivity contribution < 1.29 is 14.3 Å². The molecule has 5 nitrogen and oxygen atoms in total. The van der Waals surface area contributed by atoms with Gasteiger partial charge in [0.1, 0.15) is 23.1 Å². The van der Waals surface area contributed by atoms with E-state index in [1.54, 1.807) is 14.0 Å². The highest BCUT2D eigenvalue weighted by Crippen LogP contribution is 2.35. The van der Waals surface area contributed by atoms with Crippen LogP contribution in [0.5, 0.6) is 11.5 Å². The van der Waals surface area contributed by atoms with Crippen LogP contribution in [-0.2, 0) is 23.3 Å². The van der Waals surface area contributed by atoms with Crippen molar-refractivity contribution in [2.45, 2.75) is 38.5 Å². The first kappa shape index (κ1) is 17.3. The van der Waals surface area contributed by atoms with Gasteiger partial charge in [-0.1, -0.05) is 30.3 Å². The minimum atomic E-state index is -1.10. The third-order valence-electron chi connectivity index (χ3n) is 4.58. The molecular weight excluding hydrogens is 316 g/mol. The Morgan fingerprint density at radius 3 is 2.76 bits per heavy atom. The van der Waals surface area contributed by atoms with E-state index in [4.69, 9.17) is 15.2 Å². The fraction of sp³-hybridized carbons (Fsp3) is 0.350. The van der Waals surface area contributed by atoms with E-state index in [0.717, 1.165) is 34.6 Å². The van der Waals surface area contributed by atoms with Crippen molar-refractivity contribution in [2.24, 2.45) is 5.73 Å². The zero-order valence-corrected chi connectivity index (χ0v) is 14.8. The molecule has 2 aromatic rings.